The third-order valence-electron chi connectivity index (χ3n) is 3.83. The van der Waals surface area contributed by atoms with Crippen LogP contribution in [0.15, 0.2) is 18.2 Å². The molecule has 0 radical (unpaired) electrons. The van der Waals surface area contributed by atoms with Gasteiger partial charge in [-0.25, -0.2) is 0 Å². The Bertz CT molecular complexity index is 525. The first-order valence-corrected chi connectivity index (χ1v) is 7.08. The van der Waals surface area contributed by atoms with Gasteiger partial charge in [0.1, 0.15) is 0 Å². The first-order chi connectivity index (χ1) is 9.77. The quantitative estimate of drug-likeness (QED) is 0.801. The van der Waals surface area contributed by atoms with Crippen LogP contribution in [-0.4, -0.2) is 12.1 Å². The fourth-order valence-corrected chi connectivity index (χ4v) is 2.71. The van der Waals surface area contributed by atoms with E-state index in [9.17, 15) is 18.0 Å². The number of carbonyl (C=O) groups is 1. The number of carbonyl (C=O) groups excluding carboxylic acids is 1. The summed E-state index contributed by atoms with van der Waals surface area (Å²) in [5.41, 5.74) is 6.47. The van der Waals surface area contributed by atoms with Crippen molar-refractivity contribution in [2.45, 2.75) is 31.9 Å². The van der Waals surface area contributed by atoms with Gasteiger partial charge in [0.15, 0.2) is 0 Å². The molecule has 0 saturated heterocycles. The van der Waals surface area contributed by atoms with Crippen LogP contribution in [0.1, 0.15) is 25.7 Å². The topological polar surface area (TPSA) is 55.1 Å². The maximum absolute atomic E-state index is 12.6. The van der Waals surface area contributed by atoms with Crippen molar-refractivity contribution in [2.24, 2.45) is 11.8 Å². The Morgan fingerprint density at radius 2 is 1.86 bits per heavy atom. The second-order valence-electron chi connectivity index (χ2n) is 5.32. The van der Waals surface area contributed by atoms with Gasteiger partial charge in [-0.2, -0.15) is 13.2 Å². The lowest BCUT2D eigenvalue weighted by atomic mass is 9.81. The van der Waals surface area contributed by atoms with Crippen LogP contribution >= 0.6 is 11.6 Å². The molecule has 1 amide bonds. The zero-order valence-corrected chi connectivity index (χ0v) is 12.0. The summed E-state index contributed by atoms with van der Waals surface area (Å²) in [7, 11) is 0. The van der Waals surface area contributed by atoms with Crippen molar-refractivity contribution < 1.29 is 18.0 Å². The standard InChI is InChI=1S/C14H16ClF3N2O/c15-11-7-10(5-6-12(11)19)20-13(21)8-1-3-9(4-2-8)14(16,17)18/h5-9H,1-4,19H2,(H,20,21). The highest BCUT2D eigenvalue weighted by Crippen LogP contribution is 2.39. The lowest BCUT2D eigenvalue weighted by Gasteiger charge is -2.29. The number of rotatable bonds is 2. The van der Waals surface area contributed by atoms with Gasteiger partial charge in [0.25, 0.3) is 0 Å². The summed E-state index contributed by atoms with van der Waals surface area (Å²) in [5, 5.41) is 3.00. The molecule has 0 heterocycles. The van der Waals surface area contributed by atoms with Gasteiger partial charge in [-0.1, -0.05) is 11.6 Å². The molecular weight excluding hydrogens is 305 g/mol. The van der Waals surface area contributed by atoms with Crippen LogP contribution in [0.4, 0.5) is 24.5 Å². The van der Waals surface area contributed by atoms with Crippen LogP contribution in [-0.2, 0) is 4.79 Å². The number of nitrogens with two attached hydrogens (primary N) is 1. The normalized spacial score (nSPS) is 22.9. The molecule has 0 unspecified atom stereocenters. The number of halogens is 4. The number of nitrogen functional groups attached to an aromatic ring is 1. The van der Waals surface area contributed by atoms with Crippen LogP contribution in [0.2, 0.25) is 5.02 Å². The average Bonchev–Trinajstić information content (AvgIpc) is 2.42. The number of benzene rings is 1. The van der Waals surface area contributed by atoms with Gasteiger partial charge >= 0.3 is 6.18 Å². The van der Waals surface area contributed by atoms with Crippen molar-refractivity contribution >= 4 is 28.9 Å². The molecule has 3 N–H and O–H groups in total. The molecule has 1 aromatic rings. The minimum absolute atomic E-state index is 0.00405. The summed E-state index contributed by atoms with van der Waals surface area (Å²) >= 11 is 5.85. The molecule has 1 fully saturated rings. The van der Waals surface area contributed by atoms with Gasteiger partial charge in [0, 0.05) is 11.6 Å². The summed E-state index contributed by atoms with van der Waals surface area (Å²) in [6.07, 6.45) is -3.66. The number of amides is 1. The first-order valence-electron chi connectivity index (χ1n) is 6.70. The van der Waals surface area contributed by atoms with Crippen LogP contribution < -0.4 is 11.1 Å². The summed E-state index contributed by atoms with van der Waals surface area (Å²) in [6.45, 7) is 0. The third kappa shape index (κ3) is 4.03. The van der Waals surface area contributed by atoms with Crippen molar-refractivity contribution in [3.8, 4) is 0 Å². The van der Waals surface area contributed by atoms with Crippen LogP contribution in [0.25, 0.3) is 0 Å². The molecule has 3 nitrogen and oxygen atoms in total. The Hall–Kier alpha value is -1.43. The third-order valence-corrected chi connectivity index (χ3v) is 4.16. The fraction of sp³-hybridized carbons (Fsp3) is 0.500. The second kappa shape index (κ2) is 6.13. The van der Waals surface area contributed by atoms with E-state index in [1.54, 1.807) is 12.1 Å². The highest BCUT2D eigenvalue weighted by molar-refractivity contribution is 6.33. The zero-order valence-electron chi connectivity index (χ0n) is 11.2. The molecule has 7 heteroatoms. The molecule has 116 valence electrons. The van der Waals surface area contributed by atoms with E-state index in [1.165, 1.54) is 6.07 Å². The Kier molecular flexibility index (Phi) is 4.66. The highest BCUT2D eigenvalue weighted by atomic mass is 35.5. The van der Waals surface area contributed by atoms with E-state index < -0.39 is 12.1 Å². The predicted molar refractivity (Wildman–Crippen MR) is 76.0 cm³/mol. The number of alkyl halides is 3. The lowest BCUT2D eigenvalue weighted by molar-refractivity contribution is -0.184. The number of nitrogens with one attached hydrogen (secondary N) is 1. The van der Waals surface area contributed by atoms with Gasteiger partial charge in [-0.15, -0.1) is 0 Å². The monoisotopic (exact) mass is 320 g/mol. The molecule has 1 saturated carbocycles. The van der Waals surface area contributed by atoms with E-state index in [-0.39, 0.29) is 37.5 Å². The molecule has 0 aromatic heterocycles. The van der Waals surface area contributed by atoms with Gasteiger partial charge < -0.3 is 11.1 Å². The van der Waals surface area contributed by atoms with E-state index in [4.69, 9.17) is 17.3 Å². The Morgan fingerprint density at radius 1 is 1.24 bits per heavy atom. The number of hydrogen-bond acceptors (Lipinski definition) is 2. The highest BCUT2D eigenvalue weighted by Gasteiger charge is 2.42. The molecule has 1 aromatic carbocycles. The molecule has 0 bridgehead atoms. The molecular formula is C14H16ClF3N2O. The predicted octanol–water partition coefficient (Wildman–Crippen LogP) is 4.23. The molecule has 1 aliphatic carbocycles. The molecule has 0 atom stereocenters. The largest absolute Gasteiger partial charge is 0.398 e. The zero-order chi connectivity index (χ0) is 15.6. The summed E-state index contributed by atoms with van der Waals surface area (Å²) in [5.74, 6) is -1.94. The van der Waals surface area contributed by atoms with E-state index in [0.29, 0.717) is 16.4 Å². The number of hydrogen-bond donors (Lipinski definition) is 2. The van der Waals surface area contributed by atoms with Crippen LogP contribution in [0.5, 0.6) is 0 Å². The lowest BCUT2D eigenvalue weighted by Crippen LogP contribution is -2.32. The van der Waals surface area contributed by atoms with Crippen LogP contribution in [0, 0.1) is 11.8 Å². The van der Waals surface area contributed by atoms with Crippen molar-refractivity contribution in [3.05, 3.63) is 23.2 Å². The number of anilines is 2. The van der Waals surface area contributed by atoms with E-state index in [1.807, 2.05) is 0 Å². The van der Waals surface area contributed by atoms with Crippen molar-refractivity contribution in [1.29, 1.82) is 0 Å². The molecule has 2 rings (SSSR count). The Labute approximate surface area is 125 Å². The Balaban J connectivity index is 1.92. The van der Waals surface area contributed by atoms with E-state index in [2.05, 4.69) is 5.32 Å². The minimum Gasteiger partial charge on any atom is -0.398 e. The van der Waals surface area contributed by atoms with Gasteiger partial charge in [0.2, 0.25) is 5.91 Å². The van der Waals surface area contributed by atoms with E-state index >= 15 is 0 Å². The fourth-order valence-electron chi connectivity index (χ4n) is 2.53. The van der Waals surface area contributed by atoms with E-state index in [0.717, 1.165) is 0 Å². The SMILES string of the molecule is Nc1ccc(NC(=O)C2CCC(C(F)(F)F)CC2)cc1Cl. The summed E-state index contributed by atoms with van der Waals surface area (Å²) in [4.78, 5) is 12.1. The van der Waals surface area contributed by atoms with Crippen LogP contribution in [0.3, 0.4) is 0 Å². The van der Waals surface area contributed by atoms with Crippen molar-refractivity contribution in [1.82, 2.24) is 0 Å². The van der Waals surface area contributed by atoms with Gasteiger partial charge in [0.05, 0.1) is 16.6 Å². The van der Waals surface area contributed by atoms with Gasteiger partial charge in [-0.05, 0) is 43.9 Å². The molecule has 21 heavy (non-hydrogen) atoms. The van der Waals surface area contributed by atoms with Crippen molar-refractivity contribution in [2.75, 3.05) is 11.1 Å². The maximum atomic E-state index is 12.6. The minimum atomic E-state index is -4.16. The maximum Gasteiger partial charge on any atom is 0.391 e. The first kappa shape index (κ1) is 15.9. The Morgan fingerprint density at radius 3 is 2.38 bits per heavy atom. The molecule has 1 aliphatic rings. The molecule has 0 spiro atoms. The summed E-state index contributed by atoms with van der Waals surface area (Å²) in [6, 6.07) is 4.70. The second-order valence-corrected chi connectivity index (χ2v) is 5.72. The summed E-state index contributed by atoms with van der Waals surface area (Å²) < 4.78 is 37.7. The van der Waals surface area contributed by atoms with Gasteiger partial charge in [-0.3, -0.25) is 4.79 Å². The molecule has 0 aliphatic heterocycles. The smallest absolute Gasteiger partial charge is 0.391 e. The van der Waals surface area contributed by atoms with Crippen molar-refractivity contribution in [3.63, 3.8) is 0 Å². The average molecular weight is 321 g/mol.